The number of aromatic nitrogens is 1. The van der Waals surface area contributed by atoms with E-state index in [-0.39, 0.29) is 12.0 Å². The smallest absolute Gasteiger partial charge is 0.129 e. The lowest BCUT2D eigenvalue weighted by atomic mass is 9.97. The molecule has 106 valence electrons. The number of hydrazine groups is 1. The van der Waals surface area contributed by atoms with E-state index >= 15 is 0 Å². The van der Waals surface area contributed by atoms with Gasteiger partial charge < -0.3 is 0 Å². The van der Waals surface area contributed by atoms with Gasteiger partial charge in [0.15, 0.2) is 0 Å². The van der Waals surface area contributed by atoms with Crippen molar-refractivity contribution in [1.82, 2.24) is 10.4 Å². The number of aryl methyl sites for hydroxylation is 2. The standard InChI is InChI=1S/C15H17F2N3/c1-9-6-7-11(10(2)19-9)15(20-18)8-12-13(16)4-3-5-14(12)17/h3-7,15,20H,8,18H2,1-2H3. The molecule has 0 amide bonds. The van der Waals surface area contributed by atoms with Gasteiger partial charge in [-0.3, -0.25) is 16.3 Å². The van der Waals surface area contributed by atoms with Crippen LogP contribution in [0.3, 0.4) is 0 Å². The summed E-state index contributed by atoms with van der Waals surface area (Å²) in [4.78, 5) is 4.35. The topological polar surface area (TPSA) is 50.9 Å². The fourth-order valence-corrected chi connectivity index (χ4v) is 2.26. The average molecular weight is 277 g/mol. The lowest BCUT2D eigenvalue weighted by Crippen LogP contribution is -2.30. The maximum atomic E-state index is 13.7. The van der Waals surface area contributed by atoms with Gasteiger partial charge in [-0.2, -0.15) is 0 Å². The molecule has 3 nitrogen and oxygen atoms in total. The molecule has 1 aromatic heterocycles. The predicted octanol–water partition coefficient (Wildman–Crippen LogP) is 2.72. The first-order valence-corrected chi connectivity index (χ1v) is 6.36. The first kappa shape index (κ1) is 14.6. The Kier molecular flexibility index (Phi) is 4.42. The number of hydrogen-bond donors (Lipinski definition) is 2. The van der Waals surface area contributed by atoms with Crippen LogP contribution in [0, 0.1) is 25.5 Å². The van der Waals surface area contributed by atoms with E-state index in [0.29, 0.717) is 0 Å². The highest BCUT2D eigenvalue weighted by molar-refractivity contribution is 5.29. The van der Waals surface area contributed by atoms with Crippen LogP contribution >= 0.6 is 0 Å². The van der Waals surface area contributed by atoms with Gasteiger partial charge in [-0.05, 0) is 44.0 Å². The van der Waals surface area contributed by atoms with E-state index in [9.17, 15) is 8.78 Å². The summed E-state index contributed by atoms with van der Waals surface area (Å²) in [6, 6.07) is 7.16. The Hall–Kier alpha value is -1.85. The van der Waals surface area contributed by atoms with E-state index in [0.717, 1.165) is 17.0 Å². The van der Waals surface area contributed by atoms with Crippen molar-refractivity contribution >= 4 is 0 Å². The predicted molar refractivity (Wildman–Crippen MR) is 73.8 cm³/mol. The summed E-state index contributed by atoms with van der Waals surface area (Å²) in [5, 5.41) is 0. The molecule has 0 saturated carbocycles. The Morgan fingerprint density at radius 1 is 1.15 bits per heavy atom. The van der Waals surface area contributed by atoms with E-state index in [1.807, 2.05) is 26.0 Å². The molecule has 2 rings (SSSR count). The van der Waals surface area contributed by atoms with E-state index in [1.165, 1.54) is 18.2 Å². The zero-order valence-electron chi connectivity index (χ0n) is 11.5. The van der Waals surface area contributed by atoms with Crippen LogP contribution in [0.2, 0.25) is 0 Å². The summed E-state index contributed by atoms with van der Waals surface area (Å²) >= 11 is 0. The van der Waals surface area contributed by atoms with Crippen LogP contribution in [0.4, 0.5) is 8.78 Å². The van der Waals surface area contributed by atoms with Crippen LogP contribution in [0.25, 0.3) is 0 Å². The van der Waals surface area contributed by atoms with Crippen molar-refractivity contribution in [3.05, 3.63) is 64.5 Å². The van der Waals surface area contributed by atoms with Gasteiger partial charge in [0.25, 0.3) is 0 Å². The molecular weight excluding hydrogens is 260 g/mol. The normalized spacial score (nSPS) is 12.4. The van der Waals surface area contributed by atoms with Gasteiger partial charge in [0.05, 0.1) is 6.04 Å². The highest BCUT2D eigenvalue weighted by Crippen LogP contribution is 2.23. The molecular formula is C15H17F2N3. The van der Waals surface area contributed by atoms with Gasteiger partial charge >= 0.3 is 0 Å². The number of nitrogens with zero attached hydrogens (tertiary/aromatic N) is 1. The molecule has 1 atom stereocenters. The largest absolute Gasteiger partial charge is 0.271 e. The Labute approximate surface area is 116 Å². The number of nitrogens with one attached hydrogen (secondary N) is 1. The van der Waals surface area contributed by atoms with Crippen molar-refractivity contribution in [1.29, 1.82) is 0 Å². The second kappa shape index (κ2) is 6.07. The minimum Gasteiger partial charge on any atom is -0.271 e. The fraction of sp³-hybridized carbons (Fsp3) is 0.267. The molecule has 5 heteroatoms. The number of pyridine rings is 1. The quantitative estimate of drug-likeness (QED) is 0.667. The molecule has 0 saturated heterocycles. The molecule has 1 aromatic carbocycles. The van der Waals surface area contributed by atoms with E-state index in [1.54, 1.807) is 0 Å². The van der Waals surface area contributed by atoms with Crippen LogP contribution in [-0.4, -0.2) is 4.98 Å². The third-order valence-corrected chi connectivity index (χ3v) is 3.31. The second-order valence-corrected chi connectivity index (χ2v) is 4.75. The zero-order chi connectivity index (χ0) is 14.7. The average Bonchev–Trinajstić information content (AvgIpc) is 2.40. The molecule has 0 radical (unpaired) electrons. The van der Waals surface area contributed by atoms with Crippen LogP contribution in [0.5, 0.6) is 0 Å². The van der Waals surface area contributed by atoms with E-state index < -0.39 is 17.7 Å². The maximum Gasteiger partial charge on any atom is 0.129 e. The van der Waals surface area contributed by atoms with Gasteiger partial charge in [-0.25, -0.2) is 8.78 Å². The van der Waals surface area contributed by atoms with Crippen molar-refractivity contribution in [3.63, 3.8) is 0 Å². The first-order chi connectivity index (χ1) is 9.52. The molecule has 20 heavy (non-hydrogen) atoms. The summed E-state index contributed by atoms with van der Waals surface area (Å²) in [6.07, 6.45) is 0.126. The van der Waals surface area contributed by atoms with E-state index in [4.69, 9.17) is 5.84 Å². The highest BCUT2D eigenvalue weighted by Gasteiger charge is 2.18. The molecule has 0 aliphatic carbocycles. The summed E-state index contributed by atoms with van der Waals surface area (Å²) in [5.41, 5.74) is 5.15. The Morgan fingerprint density at radius 3 is 2.35 bits per heavy atom. The lowest BCUT2D eigenvalue weighted by Gasteiger charge is -2.19. The summed E-state index contributed by atoms with van der Waals surface area (Å²) < 4.78 is 27.4. The molecule has 0 bridgehead atoms. The van der Waals surface area contributed by atoms with Crippen molar-refractivity contribution in [2.75, 3.05) is 0 Å². The SMILES string of the molecule is Cc1ccc(C(Cc2c(F)cccc2F)NN)c(C)n1. The van der Waals surface area contributed by atoms with Crippen LogP contribution in [0.1, 0.15) is 28.6 Å². The number of hydrogen-bond acceptors (Lipinski definition) is 3. The fourth-order valence-electron chi connectivity index (χ4n) is 2.26. The van der Waals surface area contributed by atoms with E-state index in [2.05, 4.69) is 10.4 Å². The van der Waals surface area contributed by atoms with Gasteiger partial charge in [0.2, 0.25) is 0 Å². The van der Waals surface area contributed by atoms with Crippen molar-refractivity contribution in [2.24, 2.45) is 5.84 Å². The van der Waals surface area contributed by atoms with Gasteiger partial charge in [0, 0.05) is 17.0 Å². The molecule has 0 fully saturated rings. The third-order valence-electron chi connectivity index (χ3n) is 3.31. The third kappa shape index (κ3) is 3.00. The summed E-state index contributed by atoms with van der Waals surface area (Å²) in [7, 11) is 0. The summed E-state index contributed by atoms with van der Waals surface area (Å²) in [6.45, 7) is 3.74. The second-order valence-electron chi connectivity index (χ2n) is 4.75. The molecule has 1 unspecified atom stereocenters. The Balaban J connectivity index is 2.34. The van der Waals surface area contributed by atoms with Crippen molar-refractivity contribution in [3.8, 4) is 0 Å². The molecule has 0 spiro atoms. The Bertz CT molecular complexity index is 594. The monoisotopic (exact) mass is 277 g/mol. The van der Waals surface area contributed by atoms with Gasteiger partial charge in [-0.15, -0.1) is 0 Å². The number of nitrogens with two attached hydrogens (primary N) is 1. The number of benzene rings is 1. The van der Waals surface area contributed by atoms with Gasteiger partial charge in [0.1, 0.15) is 11.6 Å². The maximum absolute atomic E-state index is 13.7. The van der Waals surface area contributed by atoms with Gasteiger partial charge in [-0.1, -0.05) is 12.1 Å². The molecule has 0 aliphatic heterocycles. The number of halogens is 2. The van der Waals surface area contributed by atoms with Crippen LogP contribution in [0.15, 0.2) is 30.3 Å². The summed E-state index contributed by atoms with van der Waals surface area (Å²) in [5.74, 6) is 4.40. The Morgan fingerprint density at radius 2 is 1.80 bits per heavy atom. The van der Waals surface area contributed by atoms with Crippen molar-refractivity contribution < 1.29 is 8.78 Å². The molecule has 3 N–H and O–H groups in total. The number of rotatable bonds is 4. The minimum absolute atomic E-state index is 0.0235. The zero-order valence-corrected chi connectivity index (χ0v) is 11.5. The lowest BCUT2D eigenvalue weighted by molar-refractivity contribution is 0.497. The first-order valence-electron chi connectivity index (χ1n) is 6.36. The minimum atomic E-state index is -0.567. The van der Waals surface area contributed by atoms with Crippen LogP contribution in [-0.2, 0) is 6.42 Å². The van der Waals surface area contributed by atoms with Crippen LogP contribution < -0.4 is 11.3 Å². The molecule has 0 aliphatic rings. The molecule has 2 aromatic rings. The highest BCUT2D eigenvalue weighted by atomic mass is 19.1. The molecule has 1 heterocycles. The van der Waals surface area contributed by atoms with Crippen molar-refractivity contribution in [2.45, 2.75) is 26.3 Å².